The summed E-state index contributed by atoms with van der Waals surface area (Å²) < 4.78 is 1.08. The number of rotatable bonds is 3. The van der Waals surface area contributed by atoms with Crippen molar-refractivity contribution in [2.24, 2.45) is 0 Å². The number of hydrogen-bond acceptors (Lipinski definition) is 1. The molecule has 0 radical (unpaired) electrons. The second-order valence-corrected chi connectivity index (χ2v) is 6.56. The van der Waals surface area contributed by atoms with Crippen LogP contribution in [0.5, 0.6) is 0 Å². The van der Waals surface area contributed by atoms with E-state index in [1.807, 2.05) is 26.0 Å². The molecule has 0 aromatic heterocycles. The lowest BCUT2D eigenvalue weighted by atomic mass is 9.98. The van der Waals surface area contributed by atoms with Gasteiger partial charge in [0, 0.05) is 20.9 Å². The van der Waals surface area contributed by atoms with E-state index < -0.39 is 6.10 Å². The van der Waals surface area contributed by atoms with Crippen molar-refractivity contribution in [3.05, 3.63) is 67.1 Å². The zero-order chi connectivity index (χ0) is 14.9. The van der Waals surface area contributed by atoms with Gasteiger partial charge < -0.3 is 5.11 Å². The Morgan fingerprint density at radius 1 is 1.10 bits per heavy atom. The molecule has 0 saturated carbocycles. The quantitative estimate of drug-likeness (QED) is 0.736. The second-order valence-electron chi connectivity index (χ2n) is 4.92. The molecule has 2 rings (SSSR count). The molecule has 0 aliphatic heterocycles. The molecule has 0 aliphatic carbocycles. The molecule has 0 bridgehead atoms. The third-order valence-corrected chi connectivity index (χ3v) is 5.12. The van der Waals surface area contributed by atoms with Crippen molar-refractivity contribution < 1.29 is 5.11 Å². The highest BCUT2D eigenvalue weighted by molar-refractivity contribution is 9.10. The molecule has 2 aromatic rings. The standard InChI is InChI=1S/C16H15BrCl2O/c1-9-5-12(6-10(2)16(9)17)15(20)8-11-7-13(18)3-4-14(11)19/h3-7,15,20H,8H2,1-2H3. The van der Waals surface area contributed by atoms with Gasteiger partial charge in [0.2, 0.25) is 0 Å². The summed E-state index contributed by atoms with van der Waals surface area (Å²) in [4.78, 5) is 0. The number of aliphatic hydroxyl groups excluding tert-OH is 1. The first-order valence-corrected chi connectivity index (χ1v) is 7.82. The summed E-state index contributed by atoms with van der Waals surface area (Å²) in [6.45, 7) is 4.03. The van der Waals surface area contributed by atoms with Crippen LogP contribution in [0.15, 0.2) is 34.8 Å². The maximum absolute atomic E-state index is 10.4. The first-order chi connectivity index (χ1) is 9.38. The van der Waals surface area contributed by atoms with Crippen molar-refractivity contribution in [3.63, 3.8) is 0 Å². The summed E-state index contributed by atoms with van der Waals surface area (Å²) in [6, 6.07) is 9.27. The van der Waals surface area contributed by atoms with Crippen LogP contribution in [-0.4, -0.2) is 5.11 Å². The molecule has 0 amide bonds. The molecule has 2 aromatic carbocycles. The van der Waals surface area contributed by atoms with Crippen LogP contribution in [0.4, 0.5) is 0 Å². The van der Waals surface area contributed by atoms with Crippen molar-refractivity contribution >= 4 is 39.1 Å². The molecule has 0 heterocycles. The summed E-state index contributed by atoms with van der Waals surface area (Å²) in [5, 5.41) is 11.7. The number of aliphatic hydroxyl groups is 1. The van der Waals surface area contributed by atoms with Crippen molar-refractivity contribution in [2.45, 2.75) is 26.4 Å². The van der Waals surface area contributed by atoms with E-state index in [4.69, 9.17) is 23.2 Å². The summed E-state index contributed by atoms with van der Waals surface area (Å²) in [6.07, 6.45) is -0.156. The maximum atomic E-state index is 10.4. The third kappa shape index (κ3) is 3.56. The van der Waals surface area contributed by atoms with Crippen LogP contribution in [0.1, 0.15) is 28.4 Å². The first-order valence-electron chi connectivity index (χ1n) is 6.27. The van der Waals surface area contributed by atoms with E-state index in [1.165, 1.54) is 0 Å². The van der Waals surface area contributed by atoms with E-state index in [-0.39, 0.29) is 0 Å². The SMILES string of the molecule is Cc1cc(C(O)Cc2cc(Cl)ccc2Cl)cc(C)c1Br. The molecular formula is C16H15BrCl2O. The summed E-state index contributed by atoms with van der Waals surface area (Å²) in [5.74, 6) is 0. The molecule has 0 saturated heterocycles. The van der Waals surface area contributed by atoms with Crippen LogP contribution in [0, 0.1) is 13.8 Å². The van der Waals surface area contributed by atoms with Gasteiger partial charge in [-0.2, -0.15) is 0 Å². The largest absolute Gasteiger partial charge is 0.388 e. The van der Waals surface area contributed by atoms with Crippen molar-refractivity contribution in [2.75, 3.05) is 0 Å². The highest BCUT2D eigenvalue weighted by Gasteiger charge is 2.13. The normalized spacial score (nSPS) is 12.5. The molecule has 20 heavy (non-hydrogen) atoms. The minimum absolute atomic E-state index is 0.444. The fourth-order valence-corrected chi connectivity index (χ4v) is 2.82. The van der Waals surface area contributed by atoms with E-state index >= 15 is 0 Å². The van der Waals surface area contributed by atoms with Gasteiger partial charge in [0.25, 0.3) is 0 Å². The average molecular weight is 374 g/mol. The molecule has 0 spiro atoms. The van der Waals surface area contributed by atoms with Crippen LogP contribution >= 0.6 is 39.1 Å². The molecular weight excluding hydrogens is 359 g/mol. The van der Waals surface area contributed by atoms with E-state index in [2.05, 4.69) is 15.9 Å². The van der Waals surface area contributed by atoms with Gasteiger partial charge in [-0.1, -0.05) is 51.3 Å². The minimum atomic E-state index is -0.600. The Hall–Kier alpha value is -0.540. The third-order valence-electron chi connectivity index (χ3n) is 3.26. The Labute approximate surface area is 137 Å². The highest BCUT2D eigenvalue weighted by atomic mass is 79.9. The second kappa shape index (κ2) is 6.48. The van der Waals surface area contributed by atoms with Crippen molar-refractivity contribution in [1.82, 2.24) is 0 Å². The fourth-order valence-electron chi connectivity index (χ4n) is 2.20. The average Bonchev–Trinajstić information content (AvgIpc) is 2.39. The Morgan fingerprint density at radius 3 is 2.30 bits per heavy atom. The zero-order valence-electron chi connectivity index (χ0n) is 11.3. The van der Waals surface area contributed by atoms with Gasteiger partial charge in [-0.15, -0.1) is 0 Å². The predicted molar refractivity (Wildman–Crippen MR) is 88.7 cm³/mol. The smallest absolute Gasteiger partial charge is 0.0831 e. The summed E-state index contributed by atoms with van der Waals surface area (Å²) in [5.41, 5.74) is 3.96. The lowest BCUT2D eigenvalue weighted by Gasteiger charge is -2.15. The Balaban J connectivity index is 2.28. The van der Waals surface area contributed by atoms with Crippen LogP contribution < -0.4 is 0 Å². The van der Waals surface area contributed by atoms with E-state index in [9.17, 15) is 5.11 Å². The number of halogens is 3. The monoisotopic (exact) mass is 372 g/mol. The molecule has 1 nitrogen and oxygen atoms in total. The Bertz CT molecular complexity index is 617. The summed E-state index contributed by atoms with van der Waals surface area (Å²) in [7, 11) is 0. The Kier molecular flexibility index (Phi) is 5.14. The van der Waals surface area contributed by atoms with Crippen molar-refractivity contribution in [1.29, 1.82) is 0 Å². The maximum Gasteiger partial charge on any atom is 0.0831 e. The molecule has 1 unspecified atom stereocenters. The lowest BCUT2D eigenvalue weighted by molar-refractivity contribution is 0.178. The molecule has 1 atom stereocenters. The fraction of sp³-hybridized carbons (Fsp3) is 0.250. The topological polar surface area (TPSA) is 20.2 Å². The van der Waals surface area contributed by atoms with Gasteiger partial charge >= 0.3 is 0 Å². The van der Waals surface area contributed by atoms with Gasteiger partial charge in [0.1, 0.15) is 0 Å². The Morgan fingerprint density at radius 2 is 1.70 bits per heavy atom. The number of hydrogen-bond donors (Lipinski definition) is 1. The molecule has 4 heteroatoms. The molecule has 106 valence electrons. The number of benzene rings is 2. The van der Waals surface area contributed by atoms with E-state index in [1.54, 1.807) is 18.2 Å². The van der Waals surface area contributed by atoms with E-state index in [0.29, 0.717) is 16.5 Å². The van der Waals surface area contributed by atoms with E-state index in [0.717, 1.165) is 26.7 Å². The van der Waals surface area contributed by atoms with Gasteiger partial charge in [-0.25, -0.2) is 0 Å². The van der Waals surface area contributed by atoms with Crippen LogP contribution in [-0.2, 0) is 6.42 Å². The van der Waals surface area contributed by atoms with Crippen LogP contribution in [0.25, 0.3) is 0 Å². The lowest BCUT2D eigenvalue weighted by Crippen LogP contribution is -2.03. The van der Waals surface area contributed by atoms with Crippen LogP contribution in [0.3, 0.4) is 0 Å². The molecule has 0 aliphatic rings. The zero-order valence-corrected chi connectivity index (χ0v) is 14.4. The van der Waals surface area contributed by atoms with Gasteiger partial charge in [0.15, 0.2) is 0 Å². The molecule has 1 N–H and O–H groups in total. The minimum Gasteiger partial charge on any atom is -0.388 e. The predicted octanol–water partition coefficient (Wildman–Crippen LogP) is 5.65. The highest BCUT2D eigenvalue weighted by Crippen LogP contribution is 2.29. The van der Waals surface area contributed by atoms with Gasteiger partial charge in [-0.05, 0) is 54.3 Å². The van der Waals surface area contributed by atoms with Gasteiger partial charge in [-0.3, -0.25) is 0 Å². The first kappa shape index (κ1) is 15.8. The summed E-state index contributed by atoms with van der Waals surface area (Å²) >= 11 is 15.6. The van der Waals surface area contributed by atoms with Gasteiger partial charge in [0.05, 0.1) is 6.10 Å². The van der Waals surface area contributed by atoms with Crippen molar-refractivity contribution in [3.8, 4) is 0 Å². The molecule has 0 fully saturated rings. The number of aryl methyl sites for hydroxylation is 2. The van der Waals surface area contributed by atoms with Crippen LogP contribution in [0.2, 0.25) is 10.0 Å².